The number of benzene rings is 1. The average molecular weight is 325 g/mol. The Morgan fingerprint density at radius 3 is 2.64 bits per heavy atom. The first kappa shape index (κ1) is 18.3. The van der Waals surface area contributed by atoms with E-state index in [1.165, 1.54) is 0 Å². The summed E-state index contributed by atoms with van der Waals surface area (Å²) in [5.41, 5.74) is 7.50. The van der Waals surface area contributed by atoms with Crippen molar-refractivity contribution >= 4 is 29.3 Å². The lowest BCUT2D eigenvalue weighted by molar-refractivity contribution is 0.250. The summed E-state index contributed by atoms with van der Waals surface area (Å²) in [6.45, 7) is 9.05. The molecule has 0 fully saturated rings. The lowest BCUT2D eigenvalue weighted by Crippen LogP contribution is -2.46. The molecular weight excluding hydrogens is 300 g/mol. The number of hydrogen-bond donors (Lipinski definition) is 2. The molecule has 5 nitrogen and oxygen atoms in total. The van der Waals surface area contributed by atoms with Gasteiger partial charge in [0.05, 0.1) is 10.7 Å². The predicted octanol–water partition coefficient (Wildman–Crippen LogP) is 3.41. The Morgan fingerprint density at radius 1 is 1.41 bits per heavy atom. The first-order valence-electron chi connectivity index (χ1n) is 7.56. The van der Waals surface area contributed by atoms with Crippen LogP contribution in [0.2, 0.25) is 5.02 Å². The number of urea groups is 1. The molecule has 1 aromatic carbocycles. The van der Waals surface area contributed by atoms with E-state index in [1.807, 2.05) is 39.8 Å². The number of nitrogens with zero attached hydrogens (tertiary/aromatic N) is 2. The smallest absolute Gasteiger partial charge is 0.328 e. The van der Waals surface area contributed by atoms with E-state index in [9.17, 15) is 4.79 Å². The number of guanidine groups is 1. The number of halogens is 1. The Morgan fingerprint density at radius 2 is 2.09 bits per heavy atom. The molecule has 1 rings (SSSR count). The van der Waals surface area contributed by atoms with Gasteiger partial charge in [0.2, 0.25) is 0 Å². The van der Waals surface area contributed by atoms with Crippen LogP contribution in [0.3, 0.4) is 0 Å². The predicted molar refractivity (Wildman–Crippen MR) is 93.7 cm³/mol. The monoisotopic (exact) mass is 324 g/mol. The zero-order valence-electron chi connectivity index (χ0n) is 13.7. The fraction of sp³-hybridized carbons (Fsp3) is 0.500. The van der Waals surface area contributed by atoms with Crippen molar-refractivity contribution in [3.63, 3.8) is 0 Å². The Bertz CT molecular complexity index is 543. The second-order valence-electron chi connectivity index (χ2n) is 5.40. The number of aryl methyl sites for hydroxylation is 1. The molecule has 0 unspecified atom stereocenters. The van der Waals surface area contributed by atoms with E-state index in [4.69, 9.17) is 17.3 Å². The molecule has 0 spiro atoms. The van der Waals surface area contributed by atoms with E-state index < -0.39 is 0 Å². The van der Waals surface area contributed by atoms with Crippen molar-refractivity contribution in [1.82, 2.24) is 5.32 Å². The van der Waals surface area contributed by atoms with Crippen molar-refractivity contribution in [2.75, 3.05) is 18.0 Å². The standard InChI is InChI=1S/C16H25ClN4O/c1-5-12-8-7-9-13(17)14(12)21(6-2)16(22)20-15(18)19-10-11(3)4/h7-9,11H,5-6,10H2,1-4H3,(H3,18,19,20,22). The van der Waals surface area contributed by atoms with Crippen LogP contribution < -0.4 is 16.0 Å². The van der Waals surface area contributed by atoms with Crippen LogP contribution >= 0.6 is 11.6 Å². The van der Waals surface area contributed by atoms with Gasteiger partial charge < -0.3 is 5.73 Å². The minimum Gasteiger partial charge on any atom is -0.370 e. The van der Waals surface area contributed by atoms with E-state index in [0.717, 1.165) is 17.7 Å². The molecule has 2 amide bonds. The van der Waals surface area contributed by atoms with Gasteiger partial charge >= 0.3 is 6.03 Å². The quantitative estimate of drug-likeness (QED) is 0.643. The van der Waals surface area contributed by atoms with Crippen LogP contribution in [0, 0.1) is 5.92 Å². The molecule has 0 heterocycles. The first-order chi connectivity index (χ1) is 10.4. The topological polar surface area (TPSA) is 70.7 Å². The van der Waals surface area contributed by atoms with Crippen LogP contribution in [0.15, 0.2) is 23.2 Å². The molecule has 0 saturated heterocycles. The van der Waals surface area contributed by atoms with E-state index in [2.05, 4.69) is 10.3 Å². The van der Waals surface area contributed by atoms with E-state index in [1.54, 1.807) is 11.0 Å². The summed E-state index contributed by atoms with van der Waals surface area (Å²) < 4.78 is 0. The SMILES string of the molecule is CCc1cccc(Cl)c1N(CC)C(=O)NC(N)=NCC(C)C. The van der Waals surface area contributed by atoms with Gasteiger partial charge in [-0.25, -0.2) is 4.79 Å². The summed E-state index contributed by atoms with van der Waals surface area (Å²) >= 11 is 6.28. The highest BCUT2D eigenvalue weighted by Crippen LogP contribution is 2.30. The molecular formula is C16H25ClN4O. The molecule has 3 N–H and O–H groups in total. The third-order valence-electron chi connectivity index (χ3n) is 3.14. The summed E-state index contributed by atoms with van der Waals surface area (Å²) in [5, 5.41) is 3.17. The summed E-state index contributed by atoms with van der Waals surface area (Å²) in [6.07, 6.45) is 0.788. The van der Waals surface area contributed by atoms with Crippen LogP contribution in [-0.2, 0) is 6.42 Å². The van der Waals surface area contributed by atoms with Gasteiger partial charge in [-0.1, -0.05) is 44.5 Å². The number of rotatable bonds is 5. The van der Waals surface area contributed by atoms with Crippen LogP contribution in [0.1, 0.15) is 33.3 Å². The molecule has 0 saturated carbocycles. The fourth-order valence-electron chi connectivity index (χ4n) is 2.05. The molecule has 6 heteroatoms. The first-order valence-corrected chi connectivity index (χ1v) is 7.94. The maximum absolute atomic E-state index is 12.4. The van der Waals surface area contributed by atoms with Crippen molar-refractivity contribution in [2.45, 2.75) is 34.1 Å². The molecule has 1 aromatic rings. The van der Waals surface area contributed by atoms with Crippen molar-refractivity contribution in [2.24, 2.45) is 16.6 Å². The number of nitrogens with one attached hydrogen (secondary N) is 1. The van der Waals surface area contributed by atoms with Crippen molar-refractivity contribution in [3.8, 4) is 0 Å². The summed E-state index contributed by atoms with van der Waals surface area (Å²) in [7, 11) is 0. The lowest BCUT2D eigenvalue weighted by Gasteiger charge is -2.25. The highest BCUT2D eigenvalue weighted by molar-refractivity contribution is 6.34. The van der Waals surface area contributed by atoms with Crippen molar-refractivity contribution in [3.05, 3.63) is 28.8 Å². The van der Waals surface area contributed by atoms with Crippen molar-refractivity contribution in [1.29, 1.82) is 0 Å². The van der Waals surface area contributed by atoms with Gasteiger partial charge in [0.25, 0.3) is 0 Å². The molecule has 0 aromatic heterocycles. The molecule has 22 heavy (non-hydrogen) atoms. The fourth-order valence-corrected chi connectivity index (χ4v) is 2.34. The van der Waals surface area contributed by atoms with Crippen LogP contribution in [0.4, 0.5) is 10.5 Å². The van der Waals surface area contributed by atoms with Crippen LogP contribution in [-0.4, -0.2) is 25.1 Å². The van der Waals surface area contributed by atoms with Gasteiger partial charge in [-0.05, 0) is 30.9 Å². The molecule has 0 bridgehead atoms. The third kappa shape index (κ3) is 4.91. The number of amides is 2. The van der Waals surface area contributed by atoms with Crippen molar-refractivity contribution < 1.29 is 4.79 Å². The second-order valence-corrected chi connectivity index (χ2v) is 5.80. The summed E-state index contributed by atoms with van der Waals surface area (Å²) in [5.74, 6) is 0.509. The zero-order chi connectivity index (χ0) is 16.7. The number of carbonyl (C=O) groups excluding carboxylic acids is 1. The maximum Gasteiger partial charge on any atom is 0.328 e. The maximum atomic E-state index is 12.4. The van der Waals surface area contributed by atoms with Crippen LogP contribution in [0.5, 0.6) is 0 Å². The van der Waals surface area contributed by atoms with Gasteiger partial charge in [-0.15, -0.1) is 0 Å². The normalized spacial score (nSPS) is 11.6. The van der Waals surface area contributed by atoms with Gasteiger partial charge in [0.1, 0.15) is 0 Å². The second kappa shape index (κ2) is 8.63. The molecule has 0 atom stereocenters. The Hall–Kier alpha value is -1.75. The van der Waals surface area contributed by atoms with Gasteiger partial charge in [0.15, 0.2) is 5.96 Å². The number of para-hydroxylation sites is 1. The van der Waals surface area contributed by atoms with Gasteiger partial charge in [-0.2, -0.15) is 0 Å². The third-order valence-corrected chi connectivity index (χ3v) is 3.45. The van der Waals surface area contributed by atoms with Gasteiger partial charge in [0, 0.05) is 13.1 Å². The number of anilines is 1. The minimum atomic E-state index is -0.324. The minimum absolute atomic E-state index is 0.127. The summed E-state index contributed by atoms with van der Waals surface area (Å²) in [4.78, 5) is 18.2. The summed E-state index contributed by atoms with van der Waals surface area (Å²) in [6, 6.07) is 5.31. The van der Waals surface area contributed by atoms with E-state index in [-0.39, 0.29) is 12.0 Å². The molecule has 0 aliphatic rings. The Labute approximate surface area is 137 Å². The van der Waals surface area contributed by atoms with E-state index in [0.29, 0.717) is 24.0 Å². The van der Waals surface area contributed by atoms with E-state index >= 15 is 0 Å². The average Bonchev–Trinajstić information content (AvgIpc) is 2.47. The number of nitrogens with two attached hydrogens (primary N) is 1. The highest BCUT2D eigenvalue weighted by Gasteiger charge is 2.20. The Kier molecular flexibility index (Phi) is 7.18. The number of aliphatic imine (C=N–C) groups is 1. The number of hydrogen-bond acceptors (Lipinski definition) is 2. The largest absolute Gasteiger partial charge is 0.370 e. The zero-order valence-corrected chi connectivity index (χ0v) is 14.4. The number of carbonyl (C=O) groups is 1. The molecule has 0 aliphatic heterocycles. The highest BCUT2D eigenvalue weighted by atomic mass is 35.5. The molecule has 0 aliphatic carbocycles. The lowest BCUT2D eigenvalue weighted by atomic mass is 10.1. The van der Waals surface area contributed by atoms with Crippen LogP contribution in [0.25, 0.3) is 0 Å². The van der Waals surface area contributed by atoms with Gasteiger partial charge in [-0.3, -0.25) is 15.2 Å². The Balaban J connectivity index is 2.97. The molecule has 122 valence electrons. The molecule has 0 radical (unpaired) electrons.